The van der Waals surface area contributed by atoms with Crippen LogP contribution in [0.1, 0.15) is 491 Å². The Hall–Kier alpha value is -4.57. The van der Waals surface area contributed by atoms with Gasteiger partial charge in [-0.15, -0.1) is 0 Å². The number of esters is 4. The number of unbranched alkanes of at least 4 members (excludes halogenated alkanes) is 53. The normalized spacial score (nSPS) is 19.7. The number of nitrogens with one attached hydrogen (secondary N) is 3. The van der Waals surface area contributed by atoms with Crippen LogP contribution in [-0.4, -0.2) is 177 Å². The minimum atomic E-state index is -5.80. The lowest BCUT2D eigenvalue weighted by molar-refractivity contribution is -0.293. The van der Waals surface area contributed by atoms with E-state index in [2.05, 4.69) is 67.5 Å². The molecular weight excluding hydrogens is 1670 g/mol. The molecule has 0 bridgehead atoms. The largest absolute Gasteiger partial charge is 0.470 e. The molecule has 0 aromatic rings. The van der Waals surface area contributed by atoms with Gasteiger partial charge in [0.05, 0.1) is 44.5 Å². The summed E-state index contributed by atoms with van der Waals surface area (Å²) in [6.07, 6.45) is 37.4. The SMILES string of the molecule is CCCCCCCCCCCCCC(=O)O[C@H](CCCCCCCCCCC)CC(=O)O[C@@H]1[C@@H](NC(=O)C[C@@H](CCCCCCCCCCC)OC(=O)CCCCCCCCCCC)[C@H](OC[C@H]2OC(O)[C@H](NC(=O)C[C@H](O)CCCCCCCCCCC)[C@@H](OC(=O)C[C@H](O)CCCCCCCCCCC)[C@@H]2O)O[C@H](C(=O)NCCCCCCN=[N+]=[N-])[C@H]1OP(=O)(O)O. The highest BCUT2D eigenvalue weighted by Crippen LogP contribution is 2.43. The molecule has 29 heteroatoms. The highest BCUT2D eigenvalue weighted by Gasteiger charge is 2.56. The Balaban J connectivity index is 2.94. The second-order valence-corrected chi connectivity index (χ2v) is 38.5. The third kappa shape index (κ3) is 64.9. The first-order valence-electron chi connectivity index (χ1n) is 52.6. The number of carbonyl (C=O) groups is 7. The number of aliphatic hydroxyl groups excluding tert-OH is 4. The van der Waals surface area contributed by atoms with Gasteiger partial charge in [-0.2, -0.15) is 0 Å². The van der Waals surface area contributed by atoms with E-state index in [1.54, 1.807) is 0 Å². The predicted octanol–water partition coefficient (Wildman–Crippen LogP) is 22.5. The van der Waals surface area contributed by atoms with E-state index in [9.17, 15) is 54.0 Å². The molecule has 0 saturated carbocycles. The van der Waals surface area contributed by atoms with Gasteiger partial charge in [0.25, 0.3) is 5.91 Å². The highest BCUT2D eigenvalue weighted by atomic mass is 31.2. The molecule has 9 N–H and O–H groups in total. The lowest BCUT2D eigenvalue weighted by Gasteiger charge is -2.46. The Morgan fingerprint density at radius 3 is 1.15 bits per heavy atom. The van der Waals surface area contributed by atoms with Crippen molar-refractivity contribution in [1.82, 2.24) is 16.0 Å². The van der Waals surface area contributed by atoms with Crippen molar-refractivity contribution in [3.63, 3.8) is 0 Å². The van der Waals surface area contributed by atoms with Crippen molar-refractivity contribution in [3.8, 4) is 0 Å². The zero-order valence-corrected chi connectivity index (χ0v) is 82.6. The van der Waals surface area contributed by atoms with Gasteiger partial charge in [0, 0.05) is 30.8 Å². The van der Waals surface area contributed by atoms with Crippen LogP contribution in [0.2, 0.25) is 0 Å². The number of nitrogens with zero attached hydrogens (tertiary/aromatic N) is 3. The first kappa shape index (κ1) is 120. The lowest BCUT2D eigenvalue weighted by Crippen LogP contribution is -2.69. The average Bonchev–Trinajstić information content (AvgIpc) is 0.758. The maximum atomic E-state index is 15.4. The third-order valence-corrected chi connectivity index (χ3v) is 25.7. The Labute approximate surface area is 779 Å². The van der Waals surface area contributed by atoms with Gasteiger partial charge in [-0.25, -0.2) is 4.57 Å². The van der Waals surface area contributed by atoms with Crippen molar-refractivity contribution in [3.05, 3.63) is 10.4 Å². The first-order chi connectivity index (χ1) is 62.5. The lowest BCUT2D eigenvalue weighted by atomic mass is 9.94. The zero-order valence-electron chi connectivity index (χ0n) is 81.7. The molecule has 28 nitrogen and oxygen atoms in total. The van der Waals surface area contributed by atoms with Gasteiger partial charge in [-0.3, -0.25) is 38.1 Å². The summed E-state index contributed by atoms with van der Waals surface area (Å²) in [7, 11) is -5.80. The second kappa shape index (κ2) is 81.8. The van der Waals surface area contributed by atoms with Crippen LogP contribution in [-0.2, 0) is 75.8 Å². The summed E-state index contributed by atoms with van der Waals surface area (Å²) in [6, 6.07) is -3.63. The smallest absolute Gasteiger partial charge is 0.462 e. The number of ether oxygens (including phenoxy) is 7. The van der Waals surface area contributed by atoms with E-state index in [1.165, 1.54) is 70.6 Å². The maximum absolute atomic E-state index is 15.4. The van der Waals surface area contributed by atoms with Crippen LogP contribution in [0.3, 0.4) is 0 Å². The molecule has 1 unspecified atom stereocenters. The minimum absolute atomic E-state index is 0.0470. The van der Waals surface area contributed by atoms with Gasteiger partial charge in [-0.05, 0) is 69.7 Å². The fourth-order valence-corrected chi connectivity index (χ4v) is 17.9. The van der Waals surface area contributed by atoms with Crippen LogP contribution in [0.15, 0.2) is 5.11 Å². The van der Waals surface area contributed by atoms with Crippen LogP contribution in [0, 0.1) is 0 Å². The van der Waals surface area contributed by atoms with Crippen LogP contribution in [0.5, 0.6) is 0 Å². The van der Waals surface area contributed by atoms with Gasteiger partial charge in [0.15, 0.2) is 30.9 Å². The molecule has 2 aliphatic rings. The van der Waals surface area contributed by atoms with Gasteiger partial charge < -0.3 is 79.3 Å². The zero-order chi connectivity index (χ0) is 94.4. The van der Waals surface area contributed by atoms with Crippen molar-refractivity contribution in [1.29, 1.82) is 0 Å². The van der Waals surface area contributed by atoms with Crippen LogP contribution < -0.4 is 16.0 Å². The van der Waals surface area contributed by atoms with Crippen LogP contribution in [0.4, 0.5) is 0 Å². The molecule has 0 radical (unpaired) electrons. The van der Waals surface area contributed by atoms with Gasteiger partial charge in [0.1, 0.15) is 42.6 Å². The van der Waals surface area contributed by atoms with E-state index in [-0.39, 0.29) is 45.2 Å². The fraction of sp³-hybridized carbons (Fsp3) is 0.930. The molecule has 2 saturated heterocycles. The van der Waals surface area contributed by atoms with Crippen LogP contribution >= 0.6 is 7.82 Å². The molecule has 3 amide bonds. The molecule has 2 rings (SSSR count). The molecule has 2 aliphatic heterocycles. The predicted molar refractivity (Wildman–Crippen MR) is 508 cm³/mol. The molecular formula is C100H187N6O22P. The van der Waals surface area contributed by atoms with E-state index in [1.807, 2.05) is 0 Å². The molecule has 2 heterocycles. The number of hydrogen-bond donors (Lipinski definition) is 9. The summed E-state index contributed by atoms with van der Waals surface area (Å²) in [6.45, 7) is 12.4. The summed E-state index contributed by atoms with van der Waals surface area (Å²) in [5.74, 6) is -5.82. The number of carbonyl (C=O) groups excluding carboxylic acids is 7. The van der Waals surface area contributed by atoms with Gasteiger partial charge >= 0.3 is 31.7 Å². The summed E-state index contributed by atoms with van der Waals surface area (Å²) in [4.78, 5) is 127. The fourth-order valence-electron chi connectivity index (χ4n) is 17.4. The van der Waals surface area contributed by atoms with Crippen molar-refractivity contribution >= 4 is 49.4 Å². The second-order valence-electron chi connectivity index (χ2n) is 37.3. The Morgan fingerprint density at radius 2 is 0.736 bits per heavy atom. The topological polar surface area (TPSA) is 417 Å². The van der Waals surface area contributed by atoms with Crippen molar-refractivity contribution in [2.45, 2.75) is 577 Å². The number of hydrogen-bond acceptors (Lipinski definition) is 21. The first-order valence-corrected chi connectivity index (χ1v) is 54.1. The van der Waals surface area contributed by atoms with Gasteiger partial charge in [-0.1, -0.05) is 393 Å². The number of amides is 3. The van der Waals surface area contributed by atoms with E-state index in [0.717, 1.165) is 250 Å². The molecule has 0 aromatic heterocycles. The molecule has 754 valence electrons. The van der Waals surface area contributed by atoms with E-state index in [0.29, 0.717) is 70.6 Å². The molecule has 14 atom stereocenters. The summed E-state index contributed by atoms with van der Waals surface area (Å²) < 4.78 is 63.1. The summed E-state index contributed by atoms with van der Waals surface area (Å²) in [5, 5.41) is 59.0. The summed E-state index contributed by atoms with van der Waals surface area (Å²) >= 11 is 0. The molecule has 0 spiro atoms. The molecule has 0 aromatic carbocycles. The Morgan fingerprint density at radius 1 is 0.395 bits per heavy atom. The minimum Gasteiger partial charge on any atom is -0.462 e. The highest BCUT2D eigenvalue weighted by molar-refractivity contribution is 7.46. The Kier molecular flexibility index (Phi) is 76.4. The van der Waals surface area contributed by atoms with E-state index in [4.69, 9.17) is 43.2 Å². The van der Waals surface area contributed by atoms with Crippen molar-refractivity contribution < 1.29 is 106 Å². The van der Waals surface area contributed by atoms with Crippen molar-refractivity contribution in [2.75, 3.05) is 19.7 Å². The van der Waals surface area contributed by atoms with Crippen molar-refractivity contribution in [2.24, 2.45) is 5.11 Å². The quantitative estimate of drug-likeness (QED) is 0.00519. The Bertz CT molecular complexity index is 2880. The van der Waals surface area contributed by atoms with E-state index < -0.39 is 167 Å². The number of rotatable bonds is 89. The molecule has 2 fully saturated rings. The number of phosphoric ester groups is 1. The third-order valence-electron chi connectivity index (χ3n) is 25.2. The molecule has 129 heavy (non-hydrogen) atoms. The number of phosphoric acid groups is 1. The van der Waals surface area contributed by atoms with Crippen LogP contribution in [0.25, 0.3) is 10.4 Å². The molecule has 0 aliphatic carbocycles. The number of aliphatic hydroxyl groups is 4. The van der Waals surface area contributed by atoms with E-state index >= 15 is 14.4 Å². The summed E-state index contributed by atoms with van der Waals surface area (Å²) in [5.41, 5.74) is 8.88. The average molecular weight is 1860 g/mol. The number of azide groups is 1. The van der Waals surface area contributed by atoms with Gasteiger partial charge in [0.2, 0.25) is 11.8 Å². The standard InChI is InChI=1S/C100H187N6O22P/c1-7-13-19-25-31-37-38-44-50-56-64-72-88(112)123-83(70-62-54-48-42-35-29-23-17-11-5)78-90(114)126-95-92(105-86(110)77-82(69-61-53-47-41-34-28-22-16-10-4)122-87(111)71-63-55-49-43-36-30-24-18-12-6)100(127-97(96(95)128-129(118,119)120)98(116)102-73-65-57-58-66-74-103-106-101)121-79-84-93(115)94(125-89(113)76-81(108)68-60-52-46-40-33-27-21-15-9-3)91(99(117)124-84)104-85(109)75-80(107)67-59-51-45-39-32-26-20-14-8-2/h80-84,91-97,99-100,107-108,115,117H,7-79H2,1-6H3,(H,102,116)(H,104,109)(H,105,110)(H2,118,119,120)/t80-,81-,82-,83-,84-,91-,92-,93-,94-,95-,96+,97+,99?,100-/m1/s1. The monoisotopic (exact) mass is 1860 g/mol. The maximum Gasteiger partial charge on any atom is 0.470 e.